The Labute approximate surface area is 379 Å². The van der Waals surface area contributed by atoms with Gasteiger partial charge in [0.05, 0.1) is 40.2 Å². The number of likely N-dealkylation sites (tertiary alicyclic amines) is 3. The summed E-state index contributed by atoms with van der Waals surface area (Å²) in [6.45, 7) is 9.84. The smallest absolute Gasteiger partial charge is 0.282 e. The Morgan fingerprint density at radius 3 is 2.31 bits per heavy atom. The van der Waals surface area contributed by atoms with E-state index >= 15 is 0 Å². The number of benzene rings is 3. The predicted molar refractivity (Wildman–Crippen MR) is 245 cm³/mol. The Morgan fingerprint density at radius 1 is 0.797 bits per heavy atom. The summed E-state index contributed by atoms with van der Waals surface area (Å²) in [6.07, 6.45) is 13.1. The van der Waals surface area contributed by atoms with Crippen LogP contribution in [0.2, 0.25) is 5.02 Å². The SMILES string of the molecule is O=C1CC[C@H](N2Cc3c(ccc4c3OCC43CCN(CCN4CCC(N5CCC(c6ccc7c(c6)-n6c(nc(=O)c8c(Cl)cccc86)C76CCCCC6)CC5)CC4)CC3)C2=O)C(=O)N1. The summed E-state index contributed by atoms with van der Waals surface area (Å²) < 4.78 is 8.72. The third-order valence-electron chi connectivity index (χ3n) is 17.1. The molecule has 5 fully saturated rings. The van der Waals surface area contributed by atoms with Gasteiger partial charge >= 0.3 is 0 Å². The van der Waals surface area contributed by atoms with Gasteiger partial charge in [-0.2, -0.15) is 4.98 Å². The Kier molecular flexibility index (Phi) is 10.1. The maximum absolute atomic E-state index is 13.4. The number of fused-ring (bicyclic) bond motifs is 11. The molecule has 13 heteroatoms. The van der Waals surface area contributed by atoms with Crippen LogP contribution in [0.15, 0.2) is 53.3 Å². The number of piperidine rings is 4. The predicted octanol–water partition coefficient (Wildman–Crippen LogP) is 6.43. The Hall–Kier alpha value is -4.62. The lowest BCUT2D eigenvalue weighted by molar-refractivity contribution is -0.136. The van der Waals surface area contributed by atoms with Crippen LogP contribution in [0.5, 0.6) is 5.75 Å². The van der Waals surface area contributed by atoms with Crippen molar-refractivity contribution in [3.05, 3.63) is 97.5 Å². The molecule has 8 heterocycles. The van der Waals surface area contributed by atoms with E-state index in [0.29, 0.717) is 47.5 Å². The van der Waals surface area contributed by atoms with Crippen molar-refractivity contribution in [3.63, 3.8) is 0 Å². The molecule has 12 rings (SSSR count). The second-order valence-electron chi connectivity index (χ2n) is 20.3. The lowest BCUT2D eigenvalue weighted by Crippen LogP contribution is -2.52. The molecule has 3 aromatic carbocycles. The molecule has 2 spiro atoms. The number of halogens is 1. The van der Waals surface area contributed by atoms with Gasteiger partial charge in [0.15, 0.2) is 0 Å². The highest BCUT2D eigenvalue weighted by atomic mass is 35.5. The Bertz CT molecular complexity index is 2630. The summed E-state index contributed by atoms with van der Waals surface area (Å²) >= 11 is 6.64. The number of carbonyl (C=O) groups is 3. The zero-order valence-electron chi connectivity index (χ0n) is 36.7. The van der Waals surface area contributed by atoms with E-state index in [9.17, 15) is 19.2 Å². The van der Waals surface area contributed by atoms with Crippen LogP contribution in [0, 0.1) is 0 Å². The van der Waals surface area contributed by atoms with Gasteiger partial charge in [0, 0.05) is 47.7 Å². The molecule has 1 atom stereocenters. The normalized spacial score (nSPS) is 24.9. The van der Waals surface area contributed by atoms with Crippen LogP contribution >= 0.6 is 11.6 Å². The second kappa shape index (κ2) is 15.8. The molecule has 0 radical (unpaired) electrons. The van der Waals surface area contributed by atoms with E-state index in [-0.39, 0.29) is 40.5 Å². The highest BCUT2D eigenvalue weighted by molar-refractivity contribution is 6.35. The van der Waals surface area contributed by atoms with Crippen LogP contribution in [-0.2, 0) is 27.0 Å². The first kappa shape index (κ1) is 40.9. The fourth-order valence-corrected chi connectivity index (χ4v) is 13.7. The van der Waals surface area contributed by atoms with Crippen molar-refractivity contribution >= 4 is 40.2 Å². The zero-order chi connectivity index (χ0) is 43.3. The van der Waals surface area contributed by atoms with Crippen molar-refractivity contribution in [1.82, 2.24) is 34.5 Å². The van der Waals surface area contributed by atoms with Crippen molar-refractivity contribution in [2.75, 3.05) is 59.0 Å². The number of rotatable bonds is 6. The van der Waals surface area contributed by atoms with Crippen LogP contribution < -0.4 is 15.6 Å². The van der Waals surface area contributed by atoms with Gasteiger partial charge in [0.2, 0.25) is 11.8 Å². The summed E-state index contributed by atoms with van der Waals surface area (Å²) in [5, 5.41) is 3.40. The first-order valence-corrected chi connectivity index (χ1v) is 24.6. The van der Waals surface area contributed by atoms with Gasteiger partial charge < -0.3 is 24.3 Å². The molecular formula is C51H58ClN7O5. The lowest BCUT2D eigenvalue weighted by atomic mass is 9.69. The summed E-state index contributed by atoms with van der Waals surface area (Å²) in [5.74, 6) is 1.48. The molecule has 1 saturated carbocycles. The first-order valence-electron chi connectivity index (χ1n) is 24.2. The quantitative estimate of drug-likeness (QED) is 0.219. The van der Waals surface area contributed by atoms with E-state index in [1.54, 1.807) is 11.0 Å². The number of hydrogen-bond acceptors (Lipinski definition) is 9. The molecule has 4 saturated heterocycles. The van der Waals surface area contributed by atoms with Crippen LogP contribution in [-0.4, -0.2) is 118 Å². The number of hydrogen-bond donors (Lipinski definition) is 1. The average Bonchev–Trinajstić information content (AvgIpc) is 3.93. The minimum atomic E-state index is -0.621. The molecule has 64 heavy (non-hydrogen) atoms. The molecule has 1 aromatic heterocycles. The van der Waals surface area contributed by atoms with Crippen molar-refractivity contribution in [1.29, 1.82) is 0 Å². The molecule has 0 bridgehead atoms. The molecule has 0 unspecified atom stereocenters. The number of ether oxygens (including phenoxy) is 1. The molecule has 4 aromatic rings. The molecule has 8 aliphatic rings. The summed E-state index contributed by atoms with van der Waals surface area (Å²) in [6, 6.07) is 17.1. The Balaban J connectivity index is 0.639. The number of carbonyl (C=O) groups excluding carboxylic acids is 3. The van der Waals surface area contributed by atoms with Crippen LogP contribution in [0.1, 0.15) is 128 Å². The van der Waals surface area contributed by atoms with Gasteiger partial charge in [-0.1, -0.05) is 55.1 Å². The fourth-order valence-electron chi connectivity index (χ4n) is 13.4. The molecule has 12 nitrogen and oxygen atoms in total. The van der Waals surface area contributed by atoms with Gasteiger partial charge in [-0.05, 0) is 138 Å². The van der Waals surface area contributed by atoms with Crippen LogP contribution in [0.3, 0.4) is 0 Å². The van der Waals surface area contributed by atoms with Crippen molar-refractivity contribution < 1.29 is 19.1 Å². The Morgan fingerprint density at radius 2 is 1.55 bits per heavy atom. The second-order valence-corrected chi connectivity index (χ2v) is 20.7. The summed E-state index contributed by atoms with van der Waals surface area (Å²) in [7, 11) is 0. The number of nitrogens with zero attached hydrogens (tertiary/aromatic N) is 6. The van der Waals surface area contributed by atoms with Crippen molar-refractivity contribution in [3.8, 4) is 11.4 Å². The van der Waals surface area contributed by atoms with E-state index in [4.69, 9.17) is 21.3 Å². The van der Waals surface area contributed by atoms with E-state index in [1.165, 1.54) is 54.5 Å². The van der Waals surface area contributed by atoms with E-state index in [0.717, 1.165) is 114 Å². The first-order chi connectivity index (χ1) is 31.2. The van der Waals surface area contributed by atoms with Crippen molar-refractivity contribution in [2.45, 2.75) is 119 Å². The number of nitrogens with one attached hydrogen (secondary N) is 1. The lowest BCUT2D eigenvalue weighted by Gasteiger charge is -2.43. The fraction of sp³-hybridized carbons (Fsp3) is 0.549. The molecule has 7 aliphatic heterocycles. The summed E-state index contributed by atoms with van der Waals surface area (Å²) in [4.78, 5) is 65.7. The molecule has 1 N–H and O–H groups in total. The minimum absolute atomic E-state index is 0.0373. The maximum Gasteiger partial charge on any atom is 0.282 e. The zero-order valence-corrected chi connectivity index (χ0v) is 37.5. The standard InChI is InChI=1S/C51H58ClN7O5/c52-39-5-4-6-40-44(39)47(62)54-49-51(17-2-1-3-18-51)37-9-7-33(29-42(37)59(40)49)32-13-23-57(24-14-32)34-15-21-55(22-16-34)27-28-56-25-19-50(20-26-56)31-64-45-36-30-58(41-11-12-43(60)53-46(41)61)48(63)35(36)8-10-38(45)50/h4-10,29,32,34,41H,1-3,11-28,30-31H2,(H,53,60,61)/t41-/m0/s1. The van der Waals surface area contributed by atoms with Crippen LogP contribution in [0.4, 0.5) is 0 Å². The van der Waals surface area contributed by atoms with Gasteiger partial charge in [0.1, 0.15) is 17.6 Å². The van der Waals surface area contributed by atoms with E-state index in [2.05, 4.69) is 48.8 Å². The third-order valence-corrected chi connectivity index (χ3v) is 17.4. The van der Waals surface area contributed by atoms with Gasteiger partial charge in [-0.15, -0.1) is 0 Å². The van der Waals surface area contributed by atoms with Crippen LogP contribution in [0.25, 0.3) is 16.6 Å². The number of amides is 3. The van der Waals surface area contributed by atoms with E-state index < -0.39 is 6.04 Å². The highest BCUT2D eigenvalue weighted by Crippen LogP contribution is 2.53. The number of aromatic nitrogens is 2. The maximum atomic E-state index is 13.4. The van der Waals surface area contributed by atoms with Crippen molar-refractivity contribution in [2.24, 2.45) is 0 Å². The van der Waals surface area contributed by atoms with Gasteiger partial charge in [-0.3, -0.25) is 29.1 Å². The average molecular weight is 885 g/mol. The van der Waals surface area contributed by atoms with Gasteiger partial charge in [0.25, 0.3) is 11.5 Å². The number of imide groups is 1. The minimum Gasteiger partial charge on any atom is -0.492 e. The molecular weight excluding hydrogens is 826 g/mol. The molecule has 1 aliphatic carbocycles. The topological polar surface area (TPSA) is 120 Å². The monoisotopic (exact) mass is 883 g/mol. The summed E-state index contributed by atoms with van der Waals surface area (Å²) in [5.41, 5.74) is 7.13. The molecule has 3 amide bonds. The largest absolute Gasteiger partial charge is 0.492 e. The molecule has 334 valence electrons. The third kappa shape index (κ3) is 6.51. The highest BCUT2D eigenvalue weighted by Gasteiger charge is 2.49. The van der Waals surface area contributed by atoms with E-state index in [1.807, 2.05) is 18.2 Å². The van der Waals surface area contributed by atoms with Gasteiger partial charge in [-0.25, -0.2) is 0 Å².